The van der Waals surface area contributed by atoms with Crippen LogP contribution in [0.25, 0.3) is 0 Å². The largest absolute Gasteiger partial charge is 0.312 e. The molecule has 0 spiro atoms. The molecule has 0 saturated heterocycles. The predicted octanol–water partition coefficient (Wildman–Crippen LogP) is 4.97. The number of halogens is 2. The number of hydrogen-bond donors (Lipinski definition) is 1. The summed E-state index contributed by atoms with van der Waals surface area (Å²) in [5, 5.41) is 4.85. The Hall–Kier alpha value is -0.500. The zero-order chi connectivity index (χ0) is 12.8. The van der Waals surface area contributed by atoms with Gasteiger partial charge in [-0.05, 0) is 62.4 Å². The van der Waals surface area contributed by atoms with Gasteiger partial charge in [0.05, 0.1) is 0 Å². The third-order valence-corrected chi connectivity index (χ3v) is 3.70. The van der Waals surface area contributed by atoms with Crippen molar-refractivity contribution >= 4 is 23.2 Å². The van der Waals surface area contributed by atoms with Crippen LogP contribution < -0.4 is 5.32 Å². The van der Waals surface area contributed by atoms with Crippen LogP contribution in [0, 0.1) is 0 Å². The van der Waals surface area contributed by atoms with Crippen molar-refractivity contribution < 1.29 is 0 Å². The molecule has 1 aromatic rings. The Morgan fingerprint density at radius 3 is 2.50 bits per heavy atom. The van der Waals surface area contributed by atoms with Crippen LogP contribution in [-0.2, 0) is 6.54 Å². The second-order valence-corrected chi connectivity index (χ2v) is 5.69. The molecular weight excluding hydrogens is 265 g/mol. The van der Waals surface area contributed by atoms with Crippen LogP contribution in [0.5, 0.6) is 0 Å². The summed E-state index contributed by atoms with van der Waals surface area (Å²) < 4.78 is 0. The molecule has 3 heteroatoms. The Labute approximate surface area is 119 Å². The lowest BCUT2D eigenvalue weighted by Gasteiger charge is -2.13. The normalized spacial score (nSPS) is 15.6. The van der Waals surface area contributed by atoms with E-state index in [0.717, 1.165) is 25.1 Å². The van der Waals surface area contributed by atoms with Gasteiger partial charge in [0.25, 0.3) is 0 Å². The van der Waals surface area contributed by atoms with E-state index < -0.39 is 0 Å². The van der Waals surface area contributed by atoms with Gasteiger partial charge in [-0.1, -0.05) is 34.9 Å². The number of allylic oxidation sites excluding steroid dienone is 1. The van der Waals surface area contributed by atoms with E-state index in [4.69, 9.17) is 23.2 Å². The first-order valence-corrected chi connectivity index (χ1v) is 7.33. The molecule has 0 atom stereocenters. The van der Waals surface area contributed by atoms with Crippen LogP contribution in [0.15, 0.2) is 29.8 Å². The number of benzene rings is 1. The zero-order valence-corrected chi connectivity index (χ0v) is 12.0. The van der Waals surface area contributed by atoms with Crippen molar-refractivity contribution in [3.63, 3.8) is 0 Å². The van der Waals surface area contributed by atoms with Crippen molar-refractivity contribution in [2.75, 3.05) is 6.54 Å². The molecule has 98 valence electrons. The summed E-state index contributed by atoms with van der Waals surface area (Å²) in [6.45, 7) is 1.85. The lowest BCUT2D eigenvalue weighted by molar-refractivity contribution is 0.632. The predicted molar refractivity (Wildman–Crippen MR) is 79.3 cm³/mol. The molecule has 0 unspecified atom stereocenters. The molecule has 1 aliphatic rings. The van der Waals surface area contributed by atoms with E-state index in [1.54, 1.807) is 11.6 Å². The lowest BCUT2D eigenvalue weighted by atomic mass is 9.97. The molecule has 1 aliphatic carbocycles. The van der Waals surface area contributed by atoms with Crippen molar-refractivity contribution in [2.24, 2.45) is 0 Å². The van der Waals surface area contributed by atoms with Gasteiger partial charge in [-0.2, -0.15) is 0 Å². The van der Waals surface area contributed by atoms with Gasteiger partial charge in [-0.25, -0.2) is 0 Å². The molecular formula is C15H19Cl2N. The summed E-state index contributed by atoms with van der Waals surface area (Å²) in [6.07, 6.45) is 8.83. The monoisotopic (exact) mass is 283 g/mol. The Morgan fingerprint density at radius 2 is 1.83 bits per heavy atom. The van der Waals surface area contributed by atoms with Gasteiger partial charge in [-0.15, -0.1) is 0 Å². The fourth-order valence-electron chi connectivity index (χ4n) is 2.33. The van der Waals surface area contributed by atoms with Crippen LogP contribution in [0.1, 0.15) is 37.7 Å². The van der Waals surface area contributed by atoms with Crippen LogP contribution in [-0.4, -0.2) is 6.54 Å². The van der Waals surface area contributed by atoms with Gasteiger partial charge < -0.3 is 5.32 Å². The van der Waals surface area contributed by atoms with E-state index in [9.17, 15) is 0 Å². The average Bonchev–Trinajstić information content (AvgIpc) is 2.35. The van der Waals surface area contributed by atoms with Crippen LogP contribution in [0.3, 0.4) is 0 Å². The van der Waals surface area contributed by atoms with E-state index in [2.05, 4.69) is 11.4 Å². The molecule has 1 aromatic carbocycles. The first kappa shape index (κ1) is 13.9. The molecule has 0 saturated carbocycles. The maximum Gasteiger partial charge on any atom is 0.0424 e. The molecule has 2 rings (SSSR count). The van der Waals surface area contributed by atoms with E-state index in [0.29, 0.717) is 10.0 Å². The van der Waals surface area contributed by atoms with E-state index in [-0.39, 0.29) is 0 Å². The molecule has 1 nitrogen and oxygen atoms in total. The molecule has 0 bridgehead atoms. The molecule has 0 radical (unpaired) electrons. The van der Waals surface area contributed by atoms with E-state index >= 15 is 0 Å². The summed E-state index contributed by atoms with van der Waals surface area (Å²) in [5.74, 6) is 0. The van der Waals surface area contributed by atoms with Gasteiger partial charge in [0.15, 0.2) is 0 Å². The van der Waals surface area contributed by atoms with Crippen molar-refractivity contribution in [3.8, 4) is 0 Å². The Bertz CT molecular complexity index is 406. The molecule has 1 N–H and O–H groups in total. The fraction of sp³-hybridized carbons (Fsp3) is 0.467. The maximum absolute atomic E-state index is 5.96. The number of nitrogens with one attached hydrogen (secondary N) is 1. The van der Waals surface area contributed by atoms with Gasteiger partial charge in [0.1, 0.15) is 0 Å². The van der Waals surface area contributed by atoms with Gasteiger partial charge >= 0.3 is 0 Å². The second-order valence-electron chi connectivity index (χ2n) is 4.81. The minimum atomic E-state index is 0.703. The minimum absolute atomic E-state index is 0.703. The summed E-state index contributed by atoms with van der Waals surface area (Å²) in [5.41, 5.74) is 2.75. The molecule has 0 heterocycles. The average molecular weight is 284 g/mol. The van der Waals surface area contributed by atoms with Crippen molar-refractivity contribution in [2.45, 2.75) is 38.6 Å². The second kappa shape index (κ2) is 7.18. The lowest BCUT2D eigenvalue weighted by Crippen LogP contribution is -2.15. The number of hydrogen-bond acceptors (Lipinski definition) is 1. The third kappa shape index (κ3) is 4.64. The fourth-order valence-corrected chi connectivity index (χ4v) is 2.90. The third-order valence-electron chi connectivity index (χ3n) is 3.26. The highest BCUT2D eigenvalue weighted by Gasteiger charge is 2.03. The Kier molecular flexibility index (Phi) is 5.55. The highest BCUT2D eigenvalue weighted by Crippen LogP contribution is 2.20. The smallest absolute Gasteiger partial charge is 0.0424 e. The highest BCUT2D eigenvalue weighted by atomic mass is 35.5. The molecule has 18 heavy (non-hydrogen) atoms. The summed E-state index contributed by atoms with van der Waals surface area (Å²) in [7, 11) is 0. The Balaban J connectivity index is 1.73. The zero-order valence-electron chi connectivity index (χ0n) is 10.5. The SMILES string of the molecule is Clc1cc(Cl)cc(CNCCC2=CCCCC2)c1. The standard InChI is InChI=1S/C15H19Cl2N/c16-14-8-13(9-15(17)10-14)11-18-7-6-12-4-2-1-3-5-12/h4,8-10,18H,1-3,5-7,11H2. The van der Waals surface area contributed by atoms with E-state index in [1.165, 1.54) is 25.7 Å². The summed E-state index contributed by atoms with van der Waals surface area (Å²) in [6, 6.07) is 5.68. The van der Waals surface area contributed by atoms with Crippen molar-refractivity contribution in [1.29, 1.82) is 0 Å². The number of rotatable bonds is 5. The molecule has 0 aromatic heterocycles. The summed E-state index contributed by atoms with van der Waals surface area (Å²) in [4.78, 5) is 0. The topological polar surface area (TPSA) is 12.0 Å². The van der Waals surface area contributed by atoms with Gasteiger partial charge in [-0.3, -0.25) is 0 Å². The van der Waals surface area contributed by atoms with Gasteiger partial charge in [0, 0.05) is 16.6 Å². The first-order valence-electron chi connectivity index (χ1n) is 6.57. The molecule has 0 amide bonds. The maximum atomic E-state index is 5.96. The van der Waals surface area contributed by atoms with Gasteiger partial charge in [0.2, 0.25) is 0 Å². The molecule has 0 fully saturated rings. The van der Waals surface area contributed by atoms with Crippen molar-refractivity contribution in [1.82, 2.24) is 5.32 Å². The minimum Gasteiger partial charge on any atom is -0.312 e. The van der Waals surface area contributed by atoms with Crippen LogP contribution >= 0.6 is 23.2 Å². The van der Waals surface area contributed by atoms with Crippen LogP contribution in [0.2, 0.25) is 10.0 Å². The van der Waals surface area contributed by atoms with Crippen molar-refractivity contribution in [3.05, 3.63) is 45.5 Å². The molecule has 0 aliphatic heterocycles. The Morgan fingerprint density at radius 1 is 1.06 bits per heavy atom. The summed E-state index contributed by atoms with van der Waals surface area (Å²) >= 11 is 11.9. The van der Waals surface area contributed by atoms with Crippen LogP contribution in [0.4, 0.5) is 0 Å². The quantitative estimate of drug-likeness (QED) is 0.594. The van der Waals surface area contributed by atoms with E-state index in [1.807, 2.05) is 12.1 Å². The first-order chi connectivity index (χ1) is 8.74. The highest BCUT2D eigenvalue weighted by molar-refractivity contribution is 6.34.